The van der Waals surface area contributed by atoms with Gasteiger partial charge in [-0.05, 0) is 57.1 Å². The Balaban J connectivity index is 1.96. The number of likely N-dealkylation sites (N-methyl/N-ethyl adjacent to an activating group) is 1. The summed E-state index contributed by atoms with van der Waals surface area (Å²) in [6, 6.07) is 6.86. The molecule has 0 saturated carbocycles. The molecule has 1 fully saturated rings. The van der Waals surface area contributed by atoms with Crippen LogP contribution in [-0.4, -0.2) is 49.6 Å². The van der Waals surface area contributed by atoms with Crippen LogP contribution in [-0.2, 0) is 0 Å². The van der Waals surface area contributed by atoms with Crippen molar-refractivity contribution in [1.82, 2.24) is 9.80 Å². The molecule has 1 aromatic rings. The van der Waals surface area contributed by atoms with Crippen LogP contribution in [0, 0.1) is 6.92 Å². The molecule has 2 rings (SSSR count). The minimum atomic E-state index is 0.310. The van der Waals surface area contributed by atoms with Gasteiger partial charge in [-0.15, -0.1) is 0 Å². The van der Waals surface area contributed by atoms with Gasteiger partial charge < -0.3 is 10.6 Å². The molecule has 1 aliphatic heterocycles. The second-order valence-corrected chi connectivity index (χ2v) is 6.64. The molecule has 1 atom stereocenters. The fourth-order valence-electron chi connectivity index (χ4n) is 2.91. The summed E-state index contributed by atoms with van der Waals surface area (Å²) in [5.74, 6) is 0. The second kappa shape index (κ2) is 7.55. The summed E-state index contributed by atoms with van der Waals surface area (Å²) in [6.07, 6.45) is 2.71. The molecule has 1 heterocycles. The van der Waals surface area contributed by atoms with E-state index in [-0.39, 0.29) is 0 Å². The molecule has 0 spiro atoms. The van der Waals surface area contributed by atoms with Crippen molar-refractivity contribution in [2.75, 3.05) is 39.8 Å². The van der Waals surface area contributed by atoms with Gasteiger partial charge in [0.15, 0.2) is 0 Å². The highest BCUT2D eigenvalue weighted by Crippen LogP contribution is 2.24. The molecular weight excluding hydrogens is 314 g/mol. The summed E-state index contributed by atoms with van der Waals surface area (Å²) in [5, 5.41) is 0. The van der Waals surface area contributed by atoms with E-state index in [1.807, 2.05) is 0 Å². The number of nitrogens with zero attached hydrogens (tertiary/aromatic N) is 2. The van der Waals surface area contributed by atoms with Crippen molar-refractivity contribution in [2.24, 2.45) is 5.73 Å². The number of hydrogen-bond acceptors (Lipinski definition) is 3. The van der Waals surface area contributed by atoms with E-state index in [9.17, 15) is 0 Å². The van der Waals surface area contributed by atoms with Crippen molar-refractivity contribution in [3.63, 3.8) is 0 Å². The summed E-state index contributed by atoms with van der Waals surface area (Å²) in [7, 11) is 2.19. The molecule has 4 heteroatoms. The lowest BCUT2D eigenvalue weighted by Crippen LogP contribution is -2.36. The molecule has 0 radical (unpaired) electrons. The van der Waals surface area contributed by atoms with E-state index in [0.717, 1.165) is 17.6 Å². The summed E-state index contributed by atoms with van der Waals surface area (Å²) in [6.45, 7) is 7.56. The molecular formula is C16H26BrN3. The highest BCUT2D eigenvalue weighted by atomic mass is 79.9. The van der Waals surface area contributed by atoms with Crippen LogP contribution < -0.4 is 5.73 Å². The van der Waals surface area contributed by atoms with Crippen LogP contribution >= 0.6 is 15.9 Å². The van der Waals surface area contributed by atoms with Gasteiger partial charge in [-0.1, -0.05) is 28.1 Å². The number of likely N-dealkylation sites (tertiary alicyclic amines) is 1. The number of aryl methyl sites for hydroxylation is 1. The highest BCUT2D eigenvalue weighted by molar-refractivity contribution is 9.10. The number of nitrogens with two attached hydrogens (primary N) is 1. The van der Waals surface area contributed by atoms with Crippen LogP contribution in [0.2, 0.25) is 0 Å². The van der Waals surface area contributed by atoms with Gasteiger partial charge in [0, 0.05) is 30.1 Å². The third-order valence-corrected chi connectivity index (χ3v) is 5.18. The van der Waals surface area contributed by atoms with Gasteiger partial charge in [0.25, 0.3) is 0 Å². The largest absolute Gasteiger partial charge is 0.329 e. The SMILES string of the molecule is Cc1cc(C(CN)N(C)CCN2CCCC2)ccc1Br. The zero-order valence-corrected chi connectivity index (χ0v) is 14.2. The third kappa shape index (κ3) is 4.04. The Morgan fingerprint density at radius 1 is 1.35 bits per heavy atom. The molecule has 1 aromatic carbocycles. The first kappa shape index (κ1) is 16.0. The van der Waals surface area contributed by atoms with Crippen LogP contribution in [0.3, 0.4) is 0 Å². The van der Waals surface area contributed by atoms with E-state index in [0.29, 0.717) is 12.6 Å². The van der Waals surface area contributed by atoms with Crippen molar-refractivity contribution >= 4 is 15.9 Å². The summed E-state index contributed by atoms with van der Waals surface area (Å²) in [4.78, 5) is 4.94. The molecule has 20 heavy (non-hydrogen) atoms. The zero-order valence-electron chi connectivity index (χ0n) is 12.6. The maximum absolute atomic E-state index is 6.01. The van der Waals surface area contributed by atoms with E-state index in [1.54, 1.807) is 0 Å². The van der Waals surface area contributed by atoms with Gasteiger partial charge >= 0.3 is 0 Å². The summed E-state index contributed by atoms with van der Waals surface area (Å²) >= 11 is 3.56. The Kier molecular flexibility index (Phi) is 6.02. The van der Waals surface area contributed by atoms with Crippen molar-refractivity contribution < 1.29 is 0 Å². The van der Waals surface area contributed by atoms with Gasteiger partial charge in [0.2, 0.25) is 0 Å². The first-order chi connectivity index (χ1) is 9.61. The normalized spacial score (nSPS) is 17.9. The van der Waals surface area contributed by atoms with Crippen molar-refractivity contribution in [3.05, 3.63) is 33.8 Å². The van der Waals surface area contributed by atoms with Gasteiger partial charge in [-0.25, -0.2) is 0 Å². The predicted molar refractivity (Wildman–Crippen MR) is 89.0 cm³/mol. The van der Waals surface area contributed by atoms with Crippen LogP contribution in [0.1, 0.15) is 30.0 Å². The molecule has 1 saturated heterocycles. The van der Waals surface area contributed by atoms with Gasteiger partial charge in [-0.2, -0.15) is 0 Å². The second-order valence-electron chi connectivity index (χ2n) is 5.79. The lowest BCUT2D eigenvalue weighted by molar-refractivity contribution is 0.209. The fourth-order valence-corrected chi connectivity index (χ4v) is 3.15. The molecule has 0 amide bonds. The Bertz CT molecular complexity index is 430. The molecule has 0 bridgehead atoms. The molecule has 0 aromatic heterocycles. The molecule has 1 aliphatic rings. The first-order valence-corrected chi connectivity index (χ1v) is 8.30. The Morgan fingerprint density at radius 3 is 2.65 bits per heavy atom. The van der Waals surface area contributed by atoms with E-state index >= 15 is 0 Å². The monoisotopic (exact) mass is 339 g/mol. The summed E-state index contributed by atoms with van der Waals surface area (Å²) < 4.78 is 1.16. The topological polar surface area (TPSA) is 32.5 Å². The van der Waals surface area contributed by atoms with Crippen molar-refractivity contribution in [2.45, 2.75) is 25.8 Å². The smallest absolute Gasteiger partial charge is 0.0468 e. The Hall–Kier alpha value is -0.420. The lowest BCUT2D eigenvalue weighted by atomic mass is 10.0. The number of halogens is 1. The highest BCUT2D eigenvalue weighted by Gasteiger charge is 2.18. The molecule has 3 nitrogen and oxygen atoms in total. The van der Waals surface area contributed by atoms with Crippen molar-refractivity contribution in [3.8, 4) is 0 Å². The van der Waals surface area contributed by atoms with E-state index < -0.39 is 0 Å². The quantitative estimate of drug-likeness (QED) is 0.864. The van der Waals surface area contributed by atoms with Crippen LogP contribution in [0.25, 0.3) is 0 Å². The van der Waals surface area contributed by atoms with Crippen LogP contribution in [0.15, 0.2) is 22.7 Å². The standard InChI is InChI=1S/C16H26BrN3/c1-13-11-14(5-6-15(13)17)16(12-18)19(2)9-10-20-7-3-4-8-20/h5-6,11,16H,3-4,7-10,12,18H2,1-2H3. The number of hydrogen-bond donors (Lipinski definition) is 1. The summed E-state index contributed by atoms with van der Waals surface area (Å²) in [5.41, 5.74) is 8.60. The number of benzene rings is 1. The molecule has 1 unspecified atom stereocenters. The number of rotatable bonds is 6. The Morgan fingerprint density at radius 2 is 2.05 bits per heavy atom. The van der Waals surface area contributed by atoms with E-state index in [1.165, 1.54) is 37.1 Å². The van der Waals surface area contributed by atoms with E-state index in [2.05, 4.69) is 57.9 Å². The van der Waals surface area contributed by atoms with Gasteiger partial charge in [0.1, 0.15) is 0 Å². The third-order valence-electron chi connectivity index (χ3n) is 4.29. The van der Waals surface area contributed by atoms with Gasteiger partial charge in [-0.3, -0.25) is 4.90 Å². The maximum atomic E-state index is 6.01. The lowest BCUT2D eigenvalue weighted by Gasteiger charge is -2.29. The molecule has 0 aliphatic carbocycles. The maximum Gasteiger partial charge on any atom is 0.0468 e. The molecule has 2 N–H and O–H groups in total. The van der Waals surface area contributed by atoms with Crippen LogP contribution in [0.4, 0.5) is 0 Å². The minimum absolute atomic E-state index is 0.310. The average Bonchev–Trinajstić information content (AvgIpc) is 2.94. The Labute approximate surface area is 131 Å². The van der Waals surface area contributed by atoms with Gasteiger partial charge in [0.05, 0.1) is 0 Å². The fraction of sp³-hybridized carbons (Fsp3) is 0.625. The zero-order chi connectivity index (χ0) is 14.5. The minimum Gasteiger partial charge on any atom is -0.329 e. The average molecular weight is 340 g/mol. The molecule has 112 valence electrons. The van der Waals surface area contributed by atoms with Crippen molar-refractivity contribution in [1.29, 1.82) is 0 Å². The van der Waals surface area contributed by atoms with E-state index in [4.69, 9.17) is 5.73 Å². The van der Waals surface area contributed by atoms with Crippen LogP contribution in [0.5, 0.6) is 0 Å². The first-order valence-electron chi connectivity index (χ1n) is 7.50. The predicted octanol–water partition coefficient (Wildman–Crippen LogP) is 2.78.